The van der Waals surface area contributed by atoms with E-state index in [-0.39, 0.29) is 12.3 Å². The normalized spacial score (nSPS) is 10.2. The van der Waals surface area contributed by atoms with Gasteiger partial charge < -0.3 is 14.8 Å². The van der Waals surface area contributed by atoms with Gasteiger partial charge in [-0.2, -0.15) is 0 Å². The summed E-state index contributed by atoms with van der Waals surface area (Å²) >= 11 is 11.8. The number of anilines is 1. The fourth-order valence-corrected chi connectivity index (χ4v) is 2.25. The maximum absolute atomic E-state index is 12.1. The van der Waals surface area contributed by atoms with E-state index in [4.69, 9.17) is 32.7 Å². The number of rotatable bonds is 5. The van der Waals surface area contributed by atoms with Gasteiger partial charge in [-0.25, -0.2) is 0 Å². The highest BCUT2D eigenvalue weighted by atomic mass is 35.5. The van der Waals surface area contributed by atoms with Crippen molar-refractivity contribution >= 4 is 34.8 Å². The number of hydrogen-bond acceptors (Lipinski definition) is 3. The third kappa shape index (κ3) is 4.06. The molecule has 0 radical (unpaired) electrons. The predicted octanol–water partition coefficient (Wildman–Crippen LogP) is 4.19. The fourth-order valence-electron chi connectivity index (χ4n) is 1.95. The van der Waals surface area contributed by atoms with Crippen LogP contribution in [-0.4, -0.2) is 20.1 Å². The molecule has 0 aliphatic carbocycles. The van der Waals surface area contributed by atoms with Crippen LogP contribution in [0.4, 0.5) is 5.69 Å². The number of benzene rings is 2. The Labute approximate surface area is 138 Å². The summed E-state index contributed by atoms with van der Waals surface area (Å²) in [4.78, 5) is 12.1. The van der Waals surface area contributed by atoms with Crippen LogP contribution in [0.15, 0.2) is 36.4 Å². The van der Waals surface area contributed by atoms with Crippen molar-refractivity contribution in [3.8, 4) is 11.5 Å². The molecule has 6 heteroatoms. The Kier molecular flexibility index (Phi) is 5.52. The first-order valence-corrected chi connectivity index (χ1v) is 7.25. The average Bonchev–Trinajstić information content (AvgIpc) is 2.51. The van der Waals surface area contributed by atoms with Crippen molar-refractivity contribution in [3.05, 3.63) is 52.0 Å². The summed E-state index contributed by atoms with van der Waals surface area (Å²) in [5, 5.41) is 3.60. The summed E-state index contributed by atoms with van der Waals surface area (Å²) in [5.41, 5.74) is 1.35. The van der Waals surface area contributed by atoms with Crippen LogP contribution in [0.3, 0.4) is 0 Å². The maximum Gasteiger partial charge on any atom is 0.228 e. The van der Waals surface area contributed by atoms with E-state index in [1.165, 1.54) is 0 Å². The molecular formula is C16H15Cl2NO3. The van der Waals surface area contributed by atoms with Crippen molar-refractivity contribution < 1.29 is 14.3 Å². The summed E-state index contributed by atoms with van der Waals surface area (Å²) in [6.45, 7) is 0. The molecule has 0 saturated carbocycles. The number of hydrogen-bond donors (Lipinski definition) is 1. The third-order valence-electron chi connectivity index (χ3n) is 3.05. The zero-order valence-electron chi connectivity index (χ0n) is 12.2. The van der Waals surface area contributed by atoms with Crippen LogP contribution in [0.2, 0.25) is 10.0 Å². The summed E-state index contributed by atoms with van der Waals surface area (Å²) in [5.74, 6) is 1.09. The van der Waals surface area contributed by atoms with E-state index in [0.717, 1.165) is 5.56 Å². The first-order valence-electron chi connectivity index (χ1n) is 6.49. The van der Waals surface area contributed by atoms with Gasteiger partial charge in [-0.15, -0.1) is 0 Å². The minimum atomic E-state index is -0.179. The minimum Gasteiger partial charge on any atom is -0.497 e. The number of amides is 1. The second-order valence-electron chi connectivity index (χ2n) is 4.53. The molecule has 1 N–H and O–H groups in total. The fraction of sp³-hybridized carbons (Fsp3) is 0.188. The molecule has 2 aromatic rings. The molecule has 0 aliphatic rings. The van der Waals surface area contributed by atoms with Gasteiger partial charge >= 0.3 is 0 Å². The Morgan fingerprint density at radius 2 is 1.82 bits per heavy atom. The lowest BCUT2D eigenvalue weighted by Gasteiger charge is -2.11. The van der Waals surface area contributed by atoms with Gasteiger partial charge in [0.2, 0.25) is 5.91 Å². The van der Waals surface area contributed by atoms with Crippen LogP contribution in [0.25, 0.3) is 0 Å². The molecule has 0 bridgehead atoms. The Morgan fingerprint density at radius 3 is 2.45 bits per heavy atom. The Balaban J connectivity index is 2.10. The van der Waals surface area contributed by atoms with E-state index in [9.17, 15) is 4.79 Å². The van der Waals surface area contributed by atoms with Gasteiger partial charge in [0.25, 0.3) is 0 Å². The smallest absolute Gasteiger partial charge is 0.228 e. The van der Waals surface area contributed by atoms with E-state index in [2.05, 4.69) is 5.32 Å². The van der Waals surface area contributed by atoms with Crippen molar-refractivity contribution in [2.75, 3.05) is 19.5 Å². The van der Waals surface area contributed by atoms with Crippen molar-refractivity contribution in [2.45, 2.75) is 6.42 Å². The van der Waals surface area contributed by atoms with Crippen LogP contribution >= 0.6 is 23.2 Å². The van der Waals surface area contributed by atoms with Gasteiger partial charge in [0.15, 0.2) is 0 Å². The maximum atomic E-state index is 12.1. The van der Waals surface area contributed by atoms with E-state index >= 15 is 0 Å². The largest absolute Gasteiger partial charge is 0.497 e. The first-order chi connectivity index (χ1) is 10.5. The molecule has 2 aromatic carbocycles. The topological polar surface area (TPSA) is 47.6 Å². The number of halogens is 2. The van der Waals surface area contributed by atoms with Gasteiger partial charge in [0.1, 0.15) is 11.5 Å². The molecule has 0 unspecified atom stereocenters. The van der Waals surface area contributed by atoms with Crippen molar-refractivity contribution in [2.24, 2.45) is 0 Å². The number of ether oxygens (including phenoxy) is 2. The standard InChI is InChI=1S/C16H15Cl2NO3/c1-21-12-5-3-10(15(9-12)22-2)7-16(20)19-11-4-6-13(17)14(18)8-11/h3-6,8-9H,7H2,1-2H3,(H,19,20). The molecule has 0 atom stereocenters. The Morgan fingerprint density at radius 1 is 1.05 bits per heavy atom. The first kappa shape index (κ1) is 16.5. The minimum absolute atomic E-state index is 0.174. The van der Waals surface area contributed by atoms with Crippen molar-refractivity contribution in [1.29, 1.82) is 0 Å². The second kappa shape index (κ2) is 7.38. The van der Waals surface area contributed by atoms with Crippen molar-refractivity contribution in [1.82, 2.24) is 0 Å². The zero-order valence-corrected chi connectivity index (χ0v) is 13.7. The van der Waals surface area contributed by atoms with Crippen LogP contribution in [0.5, 0.6) is 11.5 Å². The molecule has 22 heavy (non-hydrogen) atoms. The molecule has 2 rings (SSSR count). The molecule has 116 valence electrons. The predicted molar refractivity (Wildman–Crippen MR) is 88.3 cm³/mol. The monoisotopic (exact) mass is 339 g/mol. The molecule has 4 nitrogen and oxygen atoms in total. The molecule has 0 aromatic heterocycles. The lowest BCUT2D eigenvalue weighted by atomic mass is 10.1. The van der Waals surface area contributed by atoms with E-state index in [0.29, 0.717) is 27.2 Å². The highest BCUT2D eigenvalue weighted by Gasteiger charge is 2.11. The molecule has 0 aliphatic heterocycles. The molecule has 0 fully saturated rings. The van der Waals surface area contributed by atoms with Gasteiger partial charge in [-0.05, 0) is 24.3 Å². The zero-order chi connectivity index (χ0) is 16.1. The molecule has 0 saturated heterocycles. The van der Waals surface area contributed by atoms with E-state index < -0.39 is 0 Å². The van der Waals surface area contributed by atoms with Gasteiger partial charge in [-0.3, -0.25) is 4.79 Å². The lowest BCUT2D eigenvalue weighted by molar-refractivity contribution is -0.115. The van der Waals surface area contributed by atoms with Crippen molar-refractivity contribution in [3.63, 3.8) is 0 Å². The molecule has 0 spiro atoms. The van der Waals surface area contributed by atoms with Gasteiger partial charge in [0, 0.05) is 17.3 Å². The van der Waals surface area contributed by atoms with Gasteiger partial charge in [0.05, 0.1) is 30.7 Å². The number of methoxy groups -OCH3 is 2. The van der Waals surface area contributed by atoms with Crippen LogP contribution in [-0.2, 0) is 11.2 Å². The Bertz CT molecular complexity index is 689. The van der Waals surface area contributed by atoms with Crippen LogP contribution in [0.1, 0.15) is 5.56 Å². The molecule has 1 amide bonds. The number of carbonyl (C=O) groups excluding carboxylic acids is 1. The highest BCUT2D eigenvalue weighted by molar-refractivity contribution is 6.42. The number of carbonyl (C=O) groups is 1. The summed E-state index contributed by atoms with van der Waals surface area (Å²) in [6, 6.07) is 10.2. The summed E-state index contributed by atoms with van der Waals surface area (Å²) < 4.78 is 10.4. The average molecular weight is 340 g/mol. The molecule has 0 heterocycles. The van der Waals surface area contributed by atoms with Gasteiger partial charge in [-0.1, -0.05) is 29.3 Å². The SMILES string of the molecule is COc1ccc(CC(=O)Nc2ccc(Cl)c(Cl)c2)c(OC)c1. The summed E-state index contributed by atoms with van der Waals surface area (Å²) in [6.07, 6.45) is 0.174. The van der Waals surface area contributed by atoms with Crippen LogP contribution in [0, 0.1) is 0 Å². The number of nitrogens with one attached hydrogen (secondary N) is 1. The van der Waals surface area contributed by atoms with E-state index in [1.807, 2.05) is 0 Å². The van der Waals surface area contributed by atoms with Crippen LogP contribution < -0.4 is 14.8 Å². The highest BCUT2D eigenvalue weighted by Crippen LogP contribution is 2.27. The molecular weight excluding hydrogens is 325 g/mol. The third-order valence-corrected chi connectivity index (χ3v) is 3.79. The van der Waals surface area contributed by atoms with E-state index in [1.54, 1.807) is 50.6 Å². The second-order valence-corrected chi connectivity index (χ2v) is 5.35. The quantitative estimate of drug-likeness (QED) is 0.888. The Hall–Kier alpha value is -1.91. The lowest BCUT2D eigenvalue weighted by Crippen LogP contribution is -2.15. The summed E-state index contributed by atoms with van der Waals surface area (Å²) in [7, 11) is 3.13.